The van der Waals surface area contributed by atoms with Crippen molar-refractivity contribution in [3.05, 3.63) is 35.8 Å². The fourth-order valence-electron chi connectivity index (χ4n) is 2.63. The number of carbonyl (C=O) groups is 1. The molecule has 5 heteroatoms. The number of hydrogen-bond donors (Lipinski definition) is 1. The molecule has 0 aromatic carbocycles. The van der Waals surface area contributed by atoms with Gasteiger partial charge in [0.1, 0.15) is 11.3 Å². The van der Waals surface area contributed by atoms with Gasteiger partial charge in [0.2, 0.25) is 0 Å². The van der Waals surface area contributed by atoms with Crippen molar-refractivity contribution in [2.45, 2.75) is 19.3 Å². The first-order chi connectivity index (χ1) is 9.24. The van der Waals surface area contributed by atoms with Gasteiger partial charge in [-0.05, 0) is 38.1 Å². The largest absolute Gasteiger partial charge is 0.477 e. The van der Waals surface area contributed by atoms with Crippen molar-refractivity contribution in [3.8, 4) is 0 Å². The van der Waals surface area contributed by atoms with Crippen LogP contribution in [0.5, 0.6) is 0 Å². The molecule has 0 bridgehead atoms. The van der Waals surface area contributed by atoms with Gasteiger partial charge in [0.05, 0.1) is 5.69 Å². The zero-order valence-corrected chi connectivity index (χ0v) is 10.7. The van der Waals surface area contributed by atoms with Gasteiger partial charge in [0.15, 0.2) is 0 Å². The molecule has 0 saturated carbocycles. The maximum Gasteiger partial charge on any atom is 0.352 e. The minimum absolute atomic E-state index is 0.262. The zero-order chi connectivity index (χ0) is 13.2. The van der Waals surface area contributed by atoms with E-state index in [9.17, 15) is 4.79 Å². The highest BCUT2D eigenvalue weighted by Gasteiger charge is 2.13. The molecule has 0 spiro atoms. The Morgan fingerprint density at radius 3 is 2.84 bits per heavy atom. The summed E-state index contributed by atoms with van der Waals surface area (Å²) in [4.78, 5) is 18.1. The molecule has 0 atom stereocenters. The van der Waals surface area contributed by atoms with Crippen LogP contribution in [0, 0.1) is 0 Å². The van der Waals surface area contributed by atoms with Crippen LogP contribution >= 0.6 is 0 Å². The van der Waals surface area contributed by atoms with Gasteiger partial charge < -0.3 is 10.0 Å². The van der Waals surface area contributed by atoms with E-state index in [4.69, 9.17) is 5.11 Å². The van der Waals surface area contributed by atoms with Crippen LogP contribution in [-0.2, 0) is 6.42 Å². The molecule has 0 amide bonds. The number of rotatable bonds is 4. The van der Waals surface area contributed by atoms with Crippen LogP contribution in [0.2, 0.25) is 0 Å². The molecule has 19 heavy (non-hydrogen) atoms. The van der Waals surface area contributed by atoms with Gasteiger partial charge in [-0.1, -0.05) is 6.07 Å². The molecule has 2 aromatic rings. The smallest absolute Gasteiger partial charge is 0.352 e. The van der Waals surface area contributed by atoms with E-state index in [0.717, 1.165) is 18.7 Å². The van der Waals surface area contributed by atoms with Crippen molar-refractivity contribution >= 4 is 11.6 Å². The molecular weight excluding hydrogens is 242 g/mol. The average molecular weight is 259 g/mol. The van der Waals surface area contributed by atoms with Gasteiger partial charge >= 0.3 is 5.97 Å². The summed E-state index contributed by atoms with van der Waals surface area (Å²) in [6.45, 7) is 3.35. The Kier molecular flexibility index (Phi) is 3.21. The van der Waals surface area contributed by atoms with Crippen molar-refractivity contribution in [2.24, 2.45) is 0 Å². The molecule has 0 radical (unpaired) electrons. The third-order valence-electron chi connectivity index (χ3n) is 3.64. The number of aromatic carboxylic acids is 1. The van der Waals surface area contributed by atoms with Crippen LogP contribution in [0.15, 0.2) is 24.4 Å². The Labute approximate surface area is 111 Å². The number of pyridine rings is 1. The Morgan fingerprint density at radius 1 is 1.32 bits per heavy atom. The molecule has 1 fully saturated rings. The third kappa shape index (κ3) is 2.46. The van der Waals surface area contributed by atoms with Crippen molar-refractivity contribution in [1.82, 2.24) is 14.3 Å². The first-order valence-electron chi connectivity index (χ1n) is 6.67. The first kappa shape index (κ1) is 12.2. The molecule has 2 aromatic heterocycles. The molecule has 100 valence electrons. The Morgan fingerprint density at radius 2 is 2.11 bits per heavy atom. The zero-order valence-electron chi connectivity index (χ0n) is 10.7. The molecule has 0 aliphatic carbocycles. The van der Waals surface area contributed by atoms with Crippen LogP contribution in [0.1, 0.15) is 29.0 Å². The molecule has 1 aliphatic rings. The van der Waals surface area contributed by atoms with E-state index >= 15 is 0 Å². The second-order valence-electron chi connectivity index (χ2n) is 4.98. The molecule has 1 aliphatic heterocycles. The molecule has 0 unspecified atom stereocenters. The summed E-state index contributed by atoms with van der Waals surface area (Å²) in [6, 6.07) is 5.17. The SMILES string of the molecule is O=C(O)c1cccc2nc(CCN3CCCC3)cn12. The number of aromatic nitrogens is 2. The number of hydrogen-bond acceptors (Lipinski definition) is 3. The van der Waals surface area contributed by atoms with Crippen LogP contribution in [0.3, 0.4) is 0 Å². The van der Waals surface area contributed by atoms with E-state index in [-0.39, 0.29) is 5.69 Å². The molecule has 3 heterocycles. The minimum Gasteiger partial charge on any atom is -0.477 e. The van der Waals surface area contributed by atoms with Crippen LogP contribution in [0.4, 0.5) is 0 Å². The molecule has 5 nitrogen and oxygen atoms in total. The van der Waals surface area contributed by atoms with E-state index < -0.39 is 5.97 Å². The Hall–Kier alpha value is -1.88. The maximum absolute atomic E-state index is 11.1. The highest BCUT2D eigenvalue weighted by molar-refractivity contribution is 5.86. The second kappa shape index (κ2) is 5.01. The van der Waals surface area contributed by atoms with Gasteiger partial charge in [0, 0.05) is 19.2 Å². The summed E-state index contributed by atoms with van der Waals surface area (Å²) in [6.07, 6.45) is 5.29. The summed E-state index contributed by atoms with van der Waals surface area (Å²) in [5, 5.41) is 9.14. The van der Waals surface area contributed by atoms with Crippen LogP contribution in [-0.4, -0.2) is 45.0 Å². The summed E-state index contributed by atoms with van der Waals surface area (Å²) >= 11 is 0. The van der Waals surface area contributed by atoms with E-state index in [0.29, 0.717) is 5.65 Å². The van der Waals surface area contributed by atoms with E-state index in [1.54, 1.807) is 16.5 Å². The highest BCUT2D eigenvalue weighted by atomic mass is 16.4. The van der Waals surface area contributed by atoms with Gasteiger partial charge in [-0.25, -0.2) is 9.78 Å². The lowest BCUT2D eigenvalue weighted by Gasteiger charge is -2.12. The van der Waals surface area contributed by atoms with Crippen molar-refractivity contribution < 1.29 is 9.90 Å². The Balaban J connectivity index is 1.80. The van der Waals surface area contributed by atoms with E-state index in [1.807, 2.05) is 12.3 Å². The predicted octanol–water partition coefficient (Wildman–Crippen LogP) is 1.67. The summed E-state index contributed by atoms with van der Waals surface area (Å²) < 4.78 is 1.65. The summed E-state index contributed by atoms with van der Waals surface area (Å²) in [7, 11) is 0. The van der Waals surface area contributed by atoms with E-state index in [1.165, 1.54) is 25.9 Å². The number of carboxylic acids is 1. The predicted molar refractivity (Wildman–Crippen MR) is 71.5 cm³/mol. The number of nitrogens with zero attached hydrogens (tertiary/aromatic N) is 3. The minimum atomic E-state index is -0.922. The molecular formula is C14H17N3O2. The lowest BCUT2D eigenvalue weighted by molar-refractivity contribution is 0.0689. The Bertz CT molecular complexity index is 600. The summed E-state index contributed by atoms with van der Waals surface area (Å²) in [5.74, 6) is -0.922. The average Bonchev–Trinajstić information content (AvgIpc) is 3.04. The first-order valence-corrected chi connectivity index (χ1v) is 6.67. The maximum atomic E-state index is 11.1. The molecule has 1 saturated heterocycles. The number of carboxylic acid groups (broad SMARTS) is 1. The van der Waals surface area contributed by atoms with Gasteiger partial charge in [-0.15, -0.1) is 0 Å². The van der Waals surface area contributed by atoms with Gasteiger partial charge in [-0.2, -0.15) is 0 Å². The van der Waals surface area contributed by atoms with Crippen molar-refractivity contribution in [1.29, 1.82) is 0 Å². The fraction of sp³-hybridized carbons (Fsp3) is 0.429. The third-order valence-corrected chi connectivity index (χ3v) is 3.64. The highest BCUT2D eigenvalue weighted by Crippen LogP contribution is 2.12. The van der Waals surface area contributed by atoms with Crippen molar-refractivity contribution in [3.63, 3.8) is 0 Å². The van der Waals surface area contributed by atoms with E-state index in [2.05, 4.69) is 9.88 Å². The van der Waals surface area contributed by atoms with Gasteiger partial charge in [0.25, 0.3) is 0 Å². The van der Waals surface area contributed by atoms with Crippen molar-refractivity contribution in [2.75, 3.05) is 19.6 Å². The number of fused-ring (bicyclic) bond motifs is 1. The molecule has 3 rings (SSSR count). The lowest BCUT2D eigenvalue weighted by atomic mass is 10.3. The normalized spacial score (nSPS) is 16.2. The summed E-state index contributed by atoms with van der Waals surface area (Å²) in [5.41, 5.74) is 1.93. The van der Waals surface area contributed by atoms with Crippen LogP contribution in [0.25, 0.3) is 5.65 Å². The monoisotopic (exact) mass is 259 g/mol. The lowest BCUT2D eigenvalue weighted by Crippen LogP contribution is -2.22. The topological polar surface area (TPSA) is 57.8 Å². The molecule has 1 N–H and O–H groups in total. The fourth-order valence-corrected chi connectivity index (χ4v) is 2.63. The van der Waals surface area contributed by atoms with Gasteiger partial charge in [-0.3, -0.25) is 4.40 Å². The van der Waals surface area contributed by atoms with Crippen LogP contribution < -0.4 is 0 Å². The number of likely N-dealkylation sites (tertiary alicyclic amines) is 1. The standard InChI is InChI=1S/C14H17N3O2/c18-14(19)12-4-3-5-13-15-11(10-17(12)13)6-9-16-7-1-2-8-16/h3-5,10H,1-2,6-9H2,(H,18,19). The second-order valence-corrected chi connectivity index (χ2v) is 4.98. The quantitative estimate of drug-likeness (QED) is 0.907. The number of imidazole rings is 1.